The highest BCUT2D eigenvalue weighted by atomic mass is 16.5. The molecule has 0 bridgehead atoms. The molecule has 2 aromatic heterocycles. The zero-order valence-corrected chi connectivity index (χ0v) is 15.7. The Hall–Kier alpha value is -2.80. The highest BCUT2D eigenvalue weighted by Gasteiger charge is 2.19. The average Bonchev–Trinajstić information content (AvgIpc) is 2.95. The highest BCUT2D eigenvalue weighted by molar-refractivity contribution is 6.00. The number of nitrogens with two attached hydrogens (primary N) is 1. The van der Waals surface area contributed by atoms with Crippen LogP contribution in [0.4, 0.5) is 11.4 Å². The normalized spacial score (nSPS) is 12.3. The summed E-state index contributed by atoms with van der Waals surface area (Å²) in [5.41, 5.74) is 11.0. The quantitative estimate of drug-likeness (QED) is 0.697. The van der Waals surface area contributed by atoms with Gasteiger partial charge >= 0.3 is 0 Å². The van der Waals surface area contributed by atoms with Crippen molar-refractivity contribution in [2.45, 2.75) is 26.8 Å². The molecular formula is C19H24N4O3. The molecule has 0 radical (unpaired) electrons. The molecule has 26 heavy (non-hydrogen) atoms. The van der Waals surface area contributed by atoms with Crippen molar-refractivity contribution in [3.05, 3.63) is 29.8 Å². The number of benzene rings is 1. The number of nitrogens with zero attached hydrogens (tertiary/aromatic N) is 2. The molecular weight excluding hydrogens is 332 g/mol. The molecule has 3 aromatic rings. The number of hydrogen-bond donors (Lipinski definition) is 2. The van der Waals surface area contributed by atoms with Crippen molar-refractivity contribution >= 4 is 22.3 Å². The van der Waals surface area contributed by atoms with E-state index in [0.717, 1.165) is 39.2 Å². The van der Waals surface area contributed by atoms with Gasteiger partial charge in [-0.25, -0.2) is 0 Å². The summed E-state index contributed by atoms with van der Waals surface area (Å²) >= 11 is 0. The van der Waals surface area contributed by atoms with Crippen LogP contribution in [-0.4, -0.2) is 37.0 Å². The fourth-order valence-corrected chi connectivity index (χ4v) is 3.17. The van der Waals surface area contributed by atoms with Crippen LogP contribution in [0.1, 0.15) is 18.4 Å². The maximum atomic E-state index is 6.17. The Bertz CT molecular complexity index is 917. The van der Waals surface area contributed by atoms with E-state index in [1.807, 2.05) is 32.9 Å². The van der Waals surface area contributed by atoms with Crippen LogP contribution in [0.2, 0.25) is 0 Å². The lowest BCUT2D eigenvalue weighted by atomic mass is 10.00. The number of rotatable bonds is 6. The summed E-state index contributed by atoms with van der Waals surface area (Å²) in [6.45, 7) is 6.39. The van der Waals surface area contributed by atoms with Gasteiger partial charge in [0, 0.05) is 24.1 Å². The summed E-state index contributed by atoms with van der Waals surface area (Å²) < 4.78 is 16.2. The first-order chi connectivity index (χ1) is 12.5. The summed E-state index contributed by atoms with van der Waals surface area (Å²) in [7, 11) is 3.31. The standard InChI is InChI=1S/C19H24N4O3/c1-10(9-24-4)22-19-13-7-17(25-5)14(6-16(13)21-8-15(19)20)18-11(2)23-26-12(18)3/h6-8,10H,9,20H2,1-5H3,(H,21,22)/t10-/m1/s1. The number of fused-ring (bicyclic) bond motifs is 1. The lowest BCUT2D eigenvalue weighted by molar-refractivity contribution is 0.190. The largest absolute Gasteiger partial charge is 0.496 e. The molecule has 0 unspecified atom stereocenters. The second-order valence-electron chi connectivity index (χ2n) is 6.36. The molecule has 0 aliphatic rings. The van der Waals surface area contributed by atoms with Gasteiger partial charge in [-0.1, -0.05) is 5.16 Å². The Morgan fingerprint density at radius 1 is 1.27 bits per heavy atom. The molecule has 0 amide bonds. The van der Waals surface area contributed by atoms with Crippen molar-refractivity contribution in [1.82, 2.24) is 10.1 Å². The summed E-state index contributed by atoms with van der Waals surface area (Å²) in [6.07, 6.45) is 1.66. The molecule has 7 heteroatoms. The molecule has 0 aliphatic heterocycles. The molecule has 3 rings (SSSR count). The minimum atomic E-state index is 0.0983. The molecule has 1 atom stereocenters. The van der Waals surface area contributed by atoms with E-state index in [1.165, 1.54) is 0 Å². The van der Waals surface area contributed by atoms with Gasteiger partial charge < -0.3 is 25.0 Å². The van der Waals surface area contributed by atoms with Crippen molar-refractivity contribution in [2.75, 3.05) is 31.9 Å². The number of ether oxygens (including phenoxy) is 2. The van der Waals surface area contributed by atoms with Gasteiger partial charge in [-0.15, -0.1) is 0 Å². The van der Waals surface area contributed by atoms with Gasteiger partial charge in [-0.2, -0.15) is 0 Å². The van der Waals surface area contributed by atoms with Gasteiger partial charge in [0.15, 0.2) is 0 Å². The van der Waals surface area contributed by atoms with Crippen LogP contribution in [0.15, 0.2) is 22.9 Å². The van der Waals surface area contributed by atoms with Crippen molar-refractivity contribution in [2.24, 2.45) is 0 Å². The smallest absolute Gasteiger partial charge is 0.141 e. The zero-order valence-electron chi connectivity index (χ0n) is 15.7. The number of anilines is 2. The molecule has 7 nitrogen and oxygen atoms in total. The van der Waals surface area contributed by atoms with E-state index >= 15 is 0 Å². The van der Waals surface area contributed by atoms with Crippen molar-refractivity contribution in [3.63, 3.8) is 0 Å². The van der Waals surface area contributed by atoms with Crippen molar-refractivity contribution in [1.29, 1.82) is 0 Å². The van der Waals surface area contributed by atoms with Gasteiger partial charge in [0.2, 0.25) is 0 Å². The molecule has 0 fully saturated rings. The molecule has 1 aromatic carbocycles. The molecule has 0 aliphatic carbocycles. The molecule has 138 valence electrons. The van der Waals surface area contributed by atoms with Crippen LogP contribution in [-0.2, 0) is 4.74 Å². The second-order valence-corrected chi connectivity index (χ2v) is 6.36. The van der Waals surface area contributed by atoms with Gasteiger partial charge in [0.05, 0.1) is 48.1 Å². The predicted molar refractivity (Wildman–Crippen MR) is 103 cm³/mol. The highest BCUT2D eigenvalue weighted by Crippen LogP contribution is 2.40. The third-order valence-corrected chi connectivity index (χ3v) is 4.33. The molecule has 3 N–H and O–H groups in total. The van der Waals surface area contributed by atoms with Crippen LogP contribution in [0.3, 0.4) is 0 Å². The lowest BCUT2D eigenvalue weighted by Gasteiger charge is -2.19. The number of aryl methyl sites for hydroxylation is 2. The summed E-state index contributed by atoms with van der Waals surface area (Å²) in [4.78, 5) is 4.50. The number of nitrogen functional groups attached to an aromatic ring is 1. The molecule has 0 spiro atoms. The van der Waals surface area contributed by atoms with Gasteiger partial charge in [-0.05, 0) is 32.9 Å². The number of methoxy groups -OCH3 is 2. The van der Waals surface area contributed by atoms with Crippen LogP contribution in [0.25, 0.3) is 22.0 Å². The Labute approximate surface area is 152 Å². The first-order valence-electron chi connectivity index (χ1n) is 8.41. The Morgan fingerprint density at radius 2 is 2.04 bits per heavy atom. The van der Waals surface area contributed by atoms with E-state index in [-0.39, 0.29) is 6.04 Å². The Balaban J connectivity index is 2.19. The van der Waals surface area contributed by atoms with E-state index < -0.39 is 0 Å². The third-order valence-electron chi connectivity index (χ3n) is 4.33. The van der Waals surface area contributed by atoms with Gasteiger partial charge in [-0.3, -0.25) is 4.98 Å². The number of pyridine rings is 1. The van der Waals surface area contributed by atoms with E-state index in [2.05, 4.69) is 15.5 Å². The third kappa shape index (κ3) is 3.17. The van der Waals surface area contributed by atoms with Crippen LogP contribution < -0.4 is 15.8 Å². The second kappa shape index (κ2) is 7.21. The lowest BCUT2D eigenvalue weighted by Crippen LogP contribution is -2.21. The maximum absolute atomic E-state index is 6.17. The first kappa shape index (κ1) is 18.0. The monoisotopic (exact) mass is 356 g/mol. The number of nitrogens with one attached hydrogen (secondary N) is 1. The number of hydrogen-bond acceptors (Lipinski definition) is 7. The summed E-state index contributed by atoms with van der Waals surface area (Å²) in [5.74, 6) is 1.45. The van der Waals surface area contributed by atoms with E-state index in [9.17, 15) is 0 Å². The Kier molecular flexibility index (Phi) is 4.99. The van der Waals surface area contributed by atoms with Gasteiger partial charge in [0.1, 0.15) is 11.5 Å². The SMILES string of the molecule is COC[C@@H](C)Nc1c(N)cnc2cc(-c3c(C)noc3C)c(OC)cc12. The van der Waals surface area contributed by atoms with Crippen molar-refractivity contribution in [3.8, 4) is 16.9 Å². The predicted octanol–water partition coefficient (Wildman–Crippen LogP) is 3.54. The van der Waals surface area contributed by atoms with Crippen LogP contribution in [0, 0.1) is 13.8 Å². The van der Waals surface area contributed by atoms with E-state index in [4.69, 9.17) is 19.7 Å². The first-order valence-corrected chi connectivity index (χ1v) is 8.41. The molecule has 2 heterocycles. The summed E-state index contributed by atoms with van der Waals surface area (Å²) in [5, 5.41) is 8.34. The van der Waals surface area contributed by atoms with Gasteiger partial charge in [0.25, 0.3) is 0 Å². The van der Waals surface area contributed by atoms with Crippen LogP contribution in [0.5, 0.6) is 5.75 Å². The molecule has 0 saturated heterocycles. The average molecular weight is 356 g/mol. The fourth-order valence-electron chi connectivity index (χ4n) is 3.17. The van der Waals surface area contributed by atoms with Crippen LogP contribution >= 0.6 is 0 Å². The zero-order chi connectivity index (χ0) is 18.8. The minimum absolute atomic E-state index is 0.0983. The maximum Gasteiger partial charge on any atom is 0.141 e. The minimum Gasteiger partial charge on any atom is -0.496 e. The number of aromatic nitrogens is 2. The summed E-state index contributed by atoms with van der Waals surface area (Å²) in [6, 6.07) is 4.02. The Morgan fingerprint density at radius 3 is 2.65 bits per heavy atom. The van der Waals surface area contributed by atoms with E-state index in [0.29, 0.717) is 18.0 Å². The topological polar surface area (TPSA) is 95.4 Å². The van der Waals surface area contributed by atoms with E-state index in [1.54, 1.807) is 20.4 Å². The fraction of sp³-hybridized carbons (Fsp3) is 0.368. The van der Waals surface area contributed by atoms with Crippen molar-refractivity contribution < 1.29 is 14.0 Å². The molecule has 0 saturated carbocycles.